The number of oxime groups is 1. The Balaban J connectivity index is 1.76. The van der Waals surface area contributed by atoms with Crippen LogP contribution in [-0.2, 0) is 23.8 Å². The number of hydrogen-bond donors (Lipinski definition) is 1. The molecule has 0 aliphatic carbocycles. The van der Waals surface area contributed by atoms with E-state index in [2.05, 4.69) is 31.7 Å². The lowest BCUT2D eigenvalue weighted by molar-refractivity contribution is -0.147. The number of aliphatic hydroxyl groups is 1. The van der Waals surface area contributed by atoms with E-state index in [1.807, 2.05) is 30.4 Å². The molecule has 0 saturated carbocycles. The van der Waals surface area contributed by atoms with Crippen molar-refractivity contribution in [2.75, 3.05) is 13.7 Å². The third-order valence-corrected chi connectivity index (χ3v) is 6.80. The first-order valence-corrected chi connectivity index (χ1v) is 13.6. The number of hydrogen-bond acceptors (Lipinski definition) is 7. The SMILES string of the molecule is C=C1CC(=N\OC)/C=C/C[C@@H]([C@@H](O)/C=C/[C@@H]2CC(C)=CCO2)OC(=O)/C=C\C[C@@H]2C=CC[C@@H](C[C@@H](C)C1)O2. The van der Waals surface area contributed by atoms with Crippen molar-refractivity contribution in [3.05, 3.63) is 72.4 Å². The number of carbonyl (C=O) groups excluding carboxylic acids is 1. The van der Waals surface area contributed by atoms with Crippen molar-refractivity contribution >= 4 is 11.7 Å². The number of aliphatic hydroxyl groups excluding tert-OH is 1. The van der Waals surface area contributed by atoms with E-state index in [0.717, 1.165) is 37.0 Å². The van der Waals surface area contributed by atoms with Crippen LogP contribution in [0, 0.1) is 5.92 Å². The van der Waals surface area contributed by atoms with E-state index in [-0.39, 0.29) is 18.3 Å². The number of cyclic esters (lactones) is 1. The van der Waals surface area contributed by atoms with Gasteiger partial charge in [-0.25, -0.2) is 4.79 Å². The summed E-state index contributed by atoms with van der Waals surface area (Å²) in [7, 11) is 1.51. The zero-order valence-corrected chi connectivity index (χ0v) is 23.0. The average Bonchev–Trinajstić information content (AvgIpc) is 2.86. The maximum atomic E-state index is 12.7. The maximum absolute atomic E-state index is 12.7. The van der Waals surface area contributed by atoms with Crippen LogP contribution >= 0.6 is 0 Å². The predicted octanol–water partition coefficient (Wildman–Crippen LogP) is 5.54. The number of esters is 1. The van der Waals surface area contributed by atoms with Gasteiger partial charge in [0.2, 0.25) is 0 Å². The van der Waals surface area contributed by atoms with Gasteiger partial charge in [-0.05, 0) is 51.0 Å². The molecule has 0 unspecified atom stereocenters. The molecule has 3 aliphatic rings. The predicted molar refractivity (Wildman–Crippen MR) is 150 cm³/mol. The third kappa shape index (κ3) is 10.6. The monoisotopic (exact) mass is 525 g/mol. The molecule has 0 saturated heterocycles. The molecule has 0 aromatic heterocycles. The minimum absolute atomic E-state index is 0.0761. The van der Waals surface area contributed by atoms with Gasteiger partial charge in [-0.2, -0.15) is 0 Å². The molecule has 0 aromatic rings. The number of ether oxygens (including phenoxy) is 3. The number of allylic oxidation sites excluding steroid dienone is 2. The fourth-order valence-corrected chi connectivity index (χ4v) is 4.95. The van der Waals surface area contributed by atoms with E-state index in [1.165, 1.54) is 18.8 Å². The molecule has 0 spiro atoms. The van der Waals surface area contributed by atoms with E-state index in [1.54, 1.807) is 12.2 Å². The summed E-state index contributed by atoms with van der Waals surface area (Å²) in [4.78, 5) is 17.7. The van der Waals surface area contributed by atoms with Crippen molar-refractivity contribution in [2.24, 2.45) is 11.1 Å². The highest BCUT2D eigenvalue weighted by Gasteiger charge is 2.23. The Morgan fingerprint density at radius 2 is 2.00 bits per heavy atom. The molecule has 3 heterocycles. The lowest BCUT2D eigenvalue weighted by Crippen LogP contribution is -2.30. The zero-order chi connectivity index (χ0) is 27.3. The fraction of sp³-hybridized carbons (Fsp3) is 0.548. The second-order valence-corrected chi connectivity index (χ2v) is 10.5. The molecule has 0 fully saturated rings. The van der Waals surface area contributed by atoms with Gasteiger partial charge in [0.1, 0.15) is 19.3 Å². The summed E-state index contributed by atoms with van der Waals surface area (Å²) in [6.07, 6.45) is 19.7. The lowest BCUT2D eigenvalue weighted by atomic mass is 9.91. The highest BCUT2D eigenvalue weighted by Crippen LogP contribution is 2.25. The van der Waals surface area contributed by atoms with Crippen LogP contribution in [-0.4, -0.2) is 61.0 Å². The van der Waals surface area contributed by atoms with Crippen molar-refractivity contribution in [2.45, 2.75) is 89.3 Å². The molecule has 7 nitrogen and oxygen atoms in total. The minimum Gasteiger partial charge on any atom is -0.456 e. The number of rotatable bonds is 4. The summed E-state index contributed by atoms with van der Waals surface area (Å²) < 4.78 is 17.6. The van der Waals surface area contributed by atoms with Crippen LogP contribution in [0.25, 0.3) is 0 Å². The molecule has 0 amide bonds. The van der Waals surface area contributed by atoms with Crippen molar-refractivity contribution in [3.8, 4) is 0 Å². The van der Waals surface area contributed by atoms with Gasteiger partial charge >= 0.3 is 5.97 Å². The van der Waals surface area contributed by atoms with E-state index < -0.39 is 18.2 Å². The van der Waals surface area contributed by atoms with Gasteiger partial charge in [-0.3, -0.25) is 0 Å². The fourth-order valence-electron chi connectivity index (χ4n) is 4.95. The van der Waals surface area contributed by atoms with Crippen molar-refractivity contribution < 1.29 is 28.9 Å². The first-order valence-electron chi connectivity index (χ1n) is 13.6. The van der Waals surface area contributed by atoms with Crippen LogP contribution in [0.1, 0.15) is 58.8 Å². The lowest BCUT2D eigenvalue weighted by Gasteiger charge is -2.28. The average molecular weight is 526 g/mol. The van der Waals surface area contributed by atoms with Crippen LogP contribution in [0.3, 0.4) is 0 Å². The van der Waals surface area contributed by atoms with E-state index >= 15 is 0 Å². The number of fused-ring (bicyclic) bond motifs is 2. The molecule has 3 rings (SSSR count). The van der Waals surface area contributed by atoms with Crippen LogP contribution in [0.5, 0.6) is 0 Å². The van der Waals surface area contributed by atoms with Crippen LogP contribution < -0.4 is 0 Å². The summed E-state index contributed by atoms with van der Waals surface area (Å²) in [5.41, 5.74) is 3.03. The van der Waals surface area contributed by atoms with E-state index in [9.17, 15) is 9.90 Å². The zero-order valence-electron chi connectivity index (χ0n) is 23.0. The Hall–Kier alpha value is -2.74. The smallest absolute Gasteiger partial charge is 0.330 e. The van der Waals surface area contributed by atoms with Crippen LogP contribution in [0.15, 0.2) is 77.6 Å². The van der Waals surface area contributed by atoms with Gasteiger partial charge in [-0.1, -0.05) is 72.3 Å². The standard InChI is InChI=1S/C31H43NO6/c1-22-16-17-36-27(20-22)14-15-29(33)30-12-5-8-25(32-35-4)19-23(2)18-24(3)21-28-11-6-9-26(37-28)10-7-13-31(34)38-30/h5-9,13-16,24,26-30,33H,2,10-12,17-21H2,1,3-4H3/b8-5+,13-7-,15-14+,32-25-/t24-,26-,27+,28-,29-,30-/m0/s1. The summed E-state index contributed by atoms with van der Waals surface area (Å²) in [6.45, 7) is 9.10. The minimum atomic E-state index is -0.999. The first-order chi connectivity index (χ1) is 18.3. The van der Waals surface area contributed by atoms with E-state index in [4.69, 9.17) is 19.0 Å². The van der Waals surface area contributed by atoms with Crippen molar-refractivity contribution in [1.29, 1.82) is 0 Å². The van der Waals surface area contributed by atoms with Gasteiger partial charge < -0.3 is 24.2 Å². The molecular formula is C31H43NO6. The molecule has 38 heavy (non-hydrogen) atoms. The summed E-state index contributed by atoms with van der Waals surface area (Å²) in [5.74, 6) is -0.0932. The second-order valence-electron chi connectivity index (χ2n) is 10.5. The summed E-state index contributed by atoms with van der Waals surface area (Å²) >= 11 is 0. The molecule has 3 aliphatic heterocycles. The summed E-state index contributed by atoms with van der Waals surface area (Å²) in [6, 6.07) is 0. The number of carbonyl (C=O) groups is 1. The molecule has 0 radical (unpaired) electrons. The van der Waals surface area contributed by atoms with Crippen LogP contribution in [0.4, 0.5) is 0 Å². The molecule has 0 aromatic carbocycles. The van der Waals surface area contributed by atoms with Crippen LogP contribution in [0.2, 0.25) is 0 Å². The normalized spacial score (nSPS) is 33.6. The first kappa shape index (κ1) is 29.8. The van der Waals surface area contributed by atoms with Crippen molar-refractivity contribution in [1.82, 2.24) is 0 Å². The molecule has 6 atom stereocenters. The third-order valence-electron chi connectivity index (χ3n) is 6.80. The largest absolute Gasteiger partial charge is 0.456 e. The van der Waals surface area contributed by atoms with Gasteiger partial charge in [0.05, 0.1) is 30.6 Å². The molecule has 2 bridgehead atoms. The Bertz CT molecular complexity index is 975. The van der Waals surface area contributed by atoms with Gasteiger partial charge in [0.25, 0.3) is 0 Å². The van der Waals surface area contributed by atoms with Crippen molar-refractivity contribution in [3.63, 3.8) is 0 Å². The van der Waals surface area contributed by atoms with Gasteiger partial charge in [-0.15, -0.1) is 0 Å². The molecule has 208 valence electrons. The number of nitrogens with zero attached hydrogens (tertiary/aromatic N) is 1. The maximum Gasteiger partial charge on any atom is 0.330 e. The van der Waals surface area contributed by atoms with Gasteiger partial charge in [0.15, 0.2) is 0 Å². The Morgan fingerprint density at radius 3 is 2.79 bits per heavy atom. The Kier molecular flexibility index (Phi) is 12.3. The summed E-state index contributed by atoms with van der Waals surface area (Å²) in [5, 5.41) is 15.1. The Morgan fingerprint density at radius 1 is 1.18 bits per heavy atom. The second kappa shape index (κ2) is 15.6. The highest BCUT2D eigenvalue weighted by molar-refractivity contribution is 5.96. The quantitative estimate of drug-likeness (QED) is 0.295. The highest BCUT2D eigenvalue weighted by atomic mass is 16.6. The molecule has 1 N–H and O–H groups in total. The topological polar surface area (TPSA) is 86.6 Å². The molecular weight excluding hydrogens is 482 g/mol. The molecule has 7 heteroatoms. The van der Waals surface area contributed by atoms with Gasteiger partial charge in [0, 0.05) is 18.9 Å². The Labute approximate surface area is 227 Å². The van der Waals surface area contributed by atoms with E-state index in [0.29, 0.717) is 31.8 Å².